The third-order valence-corrected chi connectivity index (χ3v) is 4.28. The number of pyridine rings is 1. The summed E-state index contributed by atoms with van der Waals surface area (Å²) >= 11 is 0. The SMILES string of the molecule is C1CCCCC1.NC(=O)c1nnc(N)cc1Nc1cccc(-n2cccn2)n1. The second-order valence-corrected chi connectivity index (χ2v) is 6.47. The zero-order valence-electron chi connectivity index (χ0n) is 15.6. The molecule has 1 amide bonds. The van der Waals surface area contributed by atoms with Crippen molar-refractivity contribution in [2.24, 2.45) is 5.73 Å². The molecule has 5 N–H and O–H groups in total. The van der Waals surface area contributed by atoms with E-state index >= 15 is 0 Å². The molecule has 1 fully saturated rings. The molecular formula is C19H24N8O. The lowest BCUT2D eigenvalue weighted by molar-refractivity contribution is 0.0995. The second kappa shape index (κ2) is 9.45. The Hall–Kier alpha value is -3.49. The quantitative estimate of drug-likeness (QED) is 0.632. The lowest BCUT2D eigenvalue weighted by Crippen LogP contribution is -2.17. The average molecular weight is 380 g/mol. The van der Waals surface area contributed by atoms with Gasteiger partial charge in [0.25, 0.3) is 5.91 Å². The van der Waals surface area contributed by atoms with E-state index in [0.717, 1.165) is 0 Å². The van der Waals surface area contributed by atoms with E-state index in [9.17, 15) is 4.79 Å². The summed E-state index contributed by atoms with van der Waals surface area (Å²) in [6, 6.07) is 8.59. The zero-order valence-corrected chi connectivity index (χ0v) is 15.6. The number of nitrogens with one attached hydrogen (secondary N) is 1. The molecule has 1 aliphatic rings. The van der Waals surface area contributed by atoms with Gasteiger partial charge in [-0.15, -0.1) is 10.2 Å². The van der Waals surface area contributed by atoms with E-state index in [-0.39, 0.29) is 11.5 Å². The van der Waals surface area contributed by atoms with Crippen LogP contribution in [-0.4, -0.2) is 30.9 Å². The fraction of sp³-hybridized carbons (Fsp3) is 0.316. The van der Waals surface area contributed by atoms with E-state index in [0.29, 0.717) is 17.3 Å². The van der Waals surface area contributed by atoms with Crippen molar-refractivity contribution in [3.05, 3.63) is 48.4 Å². The summed E-state index contributed by atoms with van der Waals surface area (Å²) in [5.41, 5.74) is 11.2. The Labute approximate surface area is 163 Å². The Morgan fingerprint density at radius 1 is 1.04 bits per heavy atom. The Bertz CT molecular complexity index is 895. The highest BCUT2D eigenvalue weighted by Crippen LogP contribution is 2.20. The number of carbonyl (C=O) groups is 1. The topological polar surface area (TPSA) is 138 Å². The second-order valence-electron chi connectivity index (χ2n) is 6.47. The molecule has 0 aliphatic heterocycles. The summed E-state index contributed by atoms with van der Waals surface area (Å²) in [7, 11) is 0. The van der Waals surface area contributed by atoms with E-state index in [2.05, 4.69) is 25.6 Å². The van der Waals surface area contributed by atoms with E-state index in [4.69, 9.17) is 11.5 Å². The molecule has 0 atom stereocenters. The first-order chi connectivity index (χ1) is 13.6. The average Bonchev–Trinajstić information content (AvgIpc) is 3.25. The monoisotopic (exact) mass is 380 g/mol. The maximum absolute atomic E-state index is 11.4. The molecule has 28 heavy (non-hydrogen) atoms. The molecule has 0 unspecified atom stereocenters. The summed E-state index contributed by atoms with van der Waals surface area (Å²) in [6.07, 6.45) is 12.4. The molecule has 0 saturated heterocycles. The number of hydrogen-bond donors (Lipinski definition) is 3. The highest BCUT2D eigenvalue weighted by Gasteiger charge is 2.12. The Morgan fingerprint density at radius 3 is 2.36 bits per heavy atom. The van der Waals surface area contributed by atoms with Crippen LogP contribution in [0.15, 0.2) is 42.7 Å². The maximum atomic E-state index is 11.4. The van der Waals surface area contributed by atoms with Gasteiger partial charge in [-0.2, -0.15) is 5.10 Å². The largest absolute Gasteiger partial charge is 0.382 e. The predicted molar refractivity (Wildman–Crippen MR) is 107 cm³/mol. The van der Waals surface area contributed by atoms with Gasteiger partial charge in [0.2, 0.25) is 0 Å². The number of aromatic nitrogens is 5. The third-order valence-electron chi connectivity index (χ3n) is 4.28. The number of amides is 1. The van der Waals surface area contributed by atoms with Crippen LogP contribution in [0.1, 0.15) is 49.0 Å². The predicted octanol–water partition coefficient (Wildman–Crippen LogP) is 2.82. The standard InChI is InChI=1S/C13H12N8O.C6H12/c14-9-7-8(12(13(15)22)20-19-9)17-10-3-1-4-11(18-10)21-6-2-5-16-21;1-2-4-6-5-3-1/h1-7H,(H2,15,22)(H3,14,17,18,19);1-6H2. The molecule has 1 aliphatic carbocycles. The summed E-state index contributed by atoms with van der Waals surface area (Å²) in [6.45, 7) is 0. The first-order valence-corrected chi connectivity index (χ1v) is 9.30. The molecule has 3 heterocycles. The van der Waals surface area contributed by atoms with Crippen molar-refractivity contribution < 1.29 is 4.79 Å². The number of hydrogen-bond acceptors (Lipinski definition) is 7. The minimum Gasteiger partial charge on any atom is -0.382 e. The van der Waals surface area contributed by atoms with Crippen LogP contribution in [0.2, 0.25) is 0 Å². The Kier molecular flexibility index (Phi) is 6.50. The van der Waals surface area contributed by atoms with Crippen LogP contribution in [-0.2, 0) is 0 Å². The molecule has 3 aromatic heterocycles. The maximum Gasteiger partial charge on any atom is 0.271 e. The normalized spacial score (nSPS) is 13.3. The van der Waals surface area contributed by atoms with Gasteiger partial charge in [0.15, 0.2) is 11.5 Å². The number of primary amides is 1. The molecule has 0 spiro atoms. The van der Waals surface area contributed by atoms with Crippen molar-refractivity contribution >= 4 is 23.2 Å². The van der Waals surface area contributed by atoms with E-state index < -0.39 is 5.91 Å². The molecule has 0 radical (unpaired) electrons. The van der Waals surface area contributed by atoms with Crippen molar-refractivity contribution in [3.63, 3.8) is 0 Å². The van der Waals surface area contributed by atoms with E-state index in [1.807, 2.05) is 0 Å². The van der Waals surface area contributed by atoms with Gasteiger partial charge < -0.3 is 16.8 Å². The fourth-order valence-corrected chi connectivity index (χ4v) is 2.91. The van der Waals surface area contributed by atoms with Crippen molar-refractivity contribution in [1.82, 2.24) is 25.0 Å². The van der Waals surface area contributed by atoms with Crippen LogP contribution in [0, 0.1) is 0 Å². The lowest BCUT2D eigenvalue weighted by Gasteiger charge is -2.09. The fourth-order valence-electron chi connectivity index (χ4n) is 2.91. The van der Waals surface area contributed by atoms with Crippen molar-refractivity contribution in [2.45, 2.75) is 38.5 Å². The molecular weight excluding hydrogens is 356 g/mol. The number of carbonyl (C=O) groups excluding carboxylic acids is 1. The minimum atomic E-state index is -0.710. The highest BCUT2D eigenvalue weighted by atomic mass is 16.1. The van der Waals surface area contributed by atoms with Crippen molar-refractivity contribution in [1.29, 1.82) is 0 Å². The molecule has 3 aromatic rings. The zero-order chi connectivity index (χ0) is 19.8. The van der Waals surface area contributed by atoms with Crippen LogP contribution in [0.4, 0.5) is 17.3 Å². The van der Waals surface area contributed by atoms with Gasteiger partial charge in [0.1, 0.15) is 11.6 Å². The van der Waals surface area contributed by atoms with Gasteiger partial charge in [-0.1, -0.05) is 44.6 Å². The summed E-state index contributed by atoms with van der Waals surface area (Å²) in [5, 5.41) is 14.4. The Balaban J connectivity index is 0.000000320. The van der Waals surface area contributed by atoms with Crippen LogP contribution in [0.25, 0.3) is 5.82 Å². The van der Waals surface area contributed by atoms with E-state index in [1.165, 1.54) is 44.6 Å². The molecule has 1 saturated carbocycles. The van der Waals surface area contributed by atoms with Gasteiger partial charge in [-0.3, -0.25) is 4.79 Å². The molecule has 0 aromatic carbocycles. The number of rotatable bonds is 4. The van der Waals surface area contributed by atoms with Crippen LogP contribution in [0.5, 0.6) is 0 Å². The summed E-state index contributed by atoms with van der Waals surface area (Å²) in [4.78, 5) is 15.8. The van der Waals surface area contributed by atoms with Gasteiger partial charge in [0, 0.05) is 18.5 Å². The first-order valence-electron chi connectivity index (χ1n) is 9.30. The molecule has 0 bridgehead atoms. The van der Waals surface area contributed by atoms with Crippen molar-refractivity contribution in [2.75, 3.05) is 11.1 Å². The summed E-state index contributed by atoms with van der Waals surface area (Å²) < 4.78 is 1.61. The third kappa shape index (κ3) is 5.26. The molecule has 9 nitrogen and oxygen atoms in total. The number of anilines is 3. The molecule has 4 rings (SSSR count). The number of nitrogen functional groups attached to an aromatic ring is 1. The number of nitrogens with zero attached hydrogens (tertiary/aromatic N) is 5. The Morgan fingerprint density at radius 2 is 1.75 bits per heavy atom. The van der Waals surface area contributed by atoms with Crippen LogP contribution in [0.3, 0.4) is 0 Å². The summed E-state index contributed by atoms with van der Waals surface area (Å²) in [5.74, 6) is 0.558. The number of nitrogens with two attached hydrogens (primary N) is 2. The molecule has 9 heteroatoms. The smallest absolute Gasteiger partial charge is 0.271 e. The first kappa shape index (κ1) is 19.3. The van der Waals surface area contributed by atoms with Crippen LogP contribution < -0.4 is 16.8 Å². The molecule has 146 valence electrons. The van der Waals surface area contributed by atoms with Gasteiger partial charge in [-0.25, -0.2) is 9.67 Å². The van der Waals surface area contributed by atoms with Crippen LogP contribution >= 0.6 is 0 Å². The van der Waals surface area contributed by atoms with Gasteiger partial charge in [-0.05, 0) is 18.2 Å². The highest BCUT2D eigenvalue weighted by molar-refractivity contribution is 5.97. The van der Waals surface area contributed by atoms with Crippen molar-refractivity contribution in [3.8, 4) is 5.82 Å². The van der Waals surface area contributed by atoms with E-state index in [1.54, 1.807) is 41.3 Å². The van der Waals surface area contributed by atoms with Gasteiger partial charge >= 0.3 is 0 Å². The van der Waals surface area contributed by atoms with Gasteiger partial charge in [0.05, 0.1) is 5.69 Å². The minimum absolute atomic E-state index is 0.0134. The lowest BCUT2D eigenvalue weighted by atomic mass is 10.0.